The van der Waals surface area contributed by atoms with E-state index in [1.807, 2.05) is 0 Å². The average molecular weight is 208 g/mol. The molecular weight excluding hydrogens is 184 g/mol. The Balaban J connectivity index is 3.47. The van der Waals surface area contributed by atoms with E-state index >= 15 is 0 Å². The third kappa shape index (κ3) is 11.5. The lowest BCUT2D eigenvalue weighted by molar-refractivity contribution is 0.827. The van der Waals surface area contributed by atoms with Crippen molar-refractivity contribution in [3.63, 3.8) is 0 Å². The van der Waals surface area contributed by atoms with Crippen LogP contribution in [0, 0.1) is 11.8 Å². The predicted molar refractivity (Wildman–Crippen MR) is 69.2 cm³/mol. The Kier molecular flexibility index (Phi) is 7.61. The second-order valence-electron chi connectivity index (χ2n) is 4.90. The molecule has 0 unspecified atom stereocenters. The van der Waals surface area contributed by atoms with E-state index < -0.39 is 8.07 Å². The molecule has 0 saturated heterocycles. The van der Waals surface area contributed by atoms with Crippen LogP contribution in [-0.2, 0) is 0 Å². The van der Waals surface area contributed by atoms with Gasteiger partial charge < -0.3 is 0 Å². The maximum atomic E-state index is 3.19. The Morgan fingerprint density at radius 3 is 2.36 bits per heavy atom. The van der Waals surface area contributed by atoms with Gasteiger partial charge in [0.25, 0.3) is 0 Å². The summed E-state index contributed by atoms with van der Waals surface area (Å²) in [5.74, 6) is 6.38. The summed E-state index contributed by atoms with van der Waals surface area (Å²) in [6.07, 6.45) is 9.02. The van der Waals surface area contributed by atoms with Crippen LogP contribution in [0.1, 0.15) is 32.6 Å². The normalized spacial score (nSPS) is 11.4. The zero-order chi connectivity index (χ0) is 10.9. The Morgan fingerprint density at radius 1 is 1.07 bits per heavy atom. The molecule has 0 spiro atoms. The lowest BCUT2D eigenvalue weighted by Gasteiger charge is -2.11. The largest absolute Gasteiger partial charge is 0.103 e. The molecule has 0 N–H and O–H groups in total. The molecular formula is C13H24Si. The summed E-state index contributed by atoms with van der Waals surface area (Å²) in [6, 6.07) is 1.28. The minimum Gasteiger partial charge on any atom is -0.103 e. The fourth-order valence-corrected chi connectivity index (χ4v) is 1.88. The lowest BCUT2D eigenvalue weighted by atomic mass is 10.2. The van der Waals surface area contributed by atoms with Gasteiger partial charge in [-0.2, -0.15) is 0 Å². The molecule has 0 aliphatic heterocycles. The van der Waals surface area contributed by atoms with Crippen molar-refractivity contribution in [1.29, 1.82) is 0 Å². The van der Waals surface area contributed by atoms with E-state index in [0.717, 1.165) is 12.8 Å². The molecule has 0 bridgehead atoms. The first-order valence-corrected chi connectivity index (χ1v) is 9.37. The van der Waals surface area contributed by atoms with Crippen LogP contribution in [0.4, 0.5) is 0 Å². The quantitative estimate of drug-likeness (QED) is 0.271. The molecule has 14 heavy (non-hydrogen) atoms. The standard InChI is InChI=1S/C13H24Si/c1-5-6-7-8-9-10-11-12-13-14(2,3)4/h11-12H,5-7,10,13H2,1-4H3/b12-11+. The van der Waals surface area contributed by atoms with Crippen LogP contribution in [0.25, 0.3) is 0 Å². The average Bonchev–Trinajstić information content (AvgIpc) is 2.08. The van der Waals surface area contributed by atoms with Crippen LogP contribution in [-0.4, -0.2) is 8.07 Å². The fourth-order valence-electron chi connectivity index (χ4n) is 1.00. The maximum Gasteiger partial charge on any atom is 0.0480 e. The van der Waals surface area contributed by atoms with Crippen LogP contribution >= 0.6 is 0 Å². The van der Waals surface area contributed by atoms with E-state index in [1.165, 1.54) is 18.9 Å². The second kappa shape index (κ2) is 7.88. The molecule has 1 heteroatoms. The van der Waals surface area contributed by atoms with Gasteiger partial charge >= 0.3 is 0 Å². The summed E-state index contributed by atoms with van der Waals surface area (Å²) < 4.78 is 0. The molecule has 0 fully saturated rings. The van der Waals surface area contributed by atoms with Gasteiger partial charge in [-0.05, 0) is 12.5 Å². The van der Waals surface area contributed by atoms with Crippen LogP contribution in [0.5, 0.6) is 0 Å². The van der Waals surface area contributed by atoms with Gasteiger partial charge in [0, 0.05) is 20.9 Å². The predicted octanol–water partition coefficient (Wildman–Crippen LogP) is 4.46. The monoisotopic (exact) mass is 208 g/mol. The number of hydrogen-bond donors (Lipinski definition) is 0. The highest BCUT2D eigenvalue weighted by Crippen LogP contribution is 2.08. The van der Waals surface area contributed by atoms with Crippen LogP contribution in [0.3, 0.4) is 0 Å². The van der Waals surface area contributed by atoms with Gasteiger partial charge in [0.15, 0.2) is 0 Å². The Morgan fingerprint density at radius 2 is 1.79 bits per heavy atom. The topological polar surface area (TPSA) is 0 Å². The summed E-state index contributed by atoms with van der Waals surface area (Å²) in [5, 5.41) is 0. The van der Waals surface area contributed by atoms with Crippen LogP contribution in [0.15, 0.2) is 12.2 Å². The molecule has 0 saturated carbocycles. The van der Waals surface area contributed by atoms with Crippen molar-refractivity contribution >= 4 is 8.07 Å². The van der Waals surface area contributed by atoms with Crippen molar-refractivity contribution in [3.05, 3.63) is 12.2 Å². The molecule has 0 amide bonds. The molecule has 0 atom stereocenters. The van der Waals surface area contributed by atoms with Crippen LogP contribution in [0.2, 0.25) is 25.7 Å². The minimum absolute atomic E-state index is 0.873. The van der Waals surface area contributed by atoms with E-state index in [-0.39, 0.29) is 0 Å². The Labute approximate surface area is 90.8 Å². The van der Waals surface area contributed by atoms with Crippen LogP contribution < -0.4 is 0 Å². The number of allylic oxidation sites excluding steroid dienone is 2. The van der Waals surface area contributed by atoms with Gasteiger partial charge in [0.05, 0.1) is 0 Å². The van der Waals surface area contributed by atoms with Crippen molar-refractivity contribution in [1.82, 2.24) is 0 Å². The molecule has 0 aliphatic carbocycles. The zero-order valence-electron chi connectivity index (χ0n) is 10.2. The van der Waals surface area contributed by atoms with Gasteiger partial charge in [-0.25, -0.2) is 0 Å². The van der Waals surface area contributed by atoms with Gasteiger partial charge in [0.2, 0.25) is 0 Å². The molecule has 0 nitrogen and oxygen atoms in total. The van der Waals surface area contributed by atoms with Crippen molar-refractivity contribution in [3.8, 4) is 11.8 Å². The highest BCUT2D eigenvalue weighted by atomic mass is 28.3. The second-order valence-corrected chi connectivity index (χ2v) is 10.4. The molecule has 0 heterocycles. The van der Waals surface area contributed by atoms with Gasteiger partial charge in [-0.1, -0.05) is 51.1 Å². The van der Waals surface area contributed by atoms with Crippen molar-refractivity contribution < 1.29 is 0 Å². The lowest BCUT2D eigenvalue weighted by Crippen LogP contribution is -2.17. The first kappa shape index (κ1) is 13.5. The van der Waals surface area contributed by atoms with E-state index in [9.17, 15) is 0 Å². The SMILES string of the molecule is CCCCC#CC/C=C/C[Si](C)(C)C. The first-order chi connectivity index (χ1) is 6.56. The van der Waals surface area contributed by atoms with Gasteiger partial charge in [0.1, 0.15) is 0 Å². The van der Waals surface area contributed by atoms with E-state index in [1.54, 1.807) is 0 Å². The third-order valence-electron chi connectivity index (χ3n) is 1.90. The molecule has 0 aromatic heterocycles. The smallest absolute Gasteiger partial charge is 0.0480 e. The molecule has 0 radical (unpaired) electrons. The van der Waals surface area contributed by atoms with Crippen molar-refractivity contribution in [2.75, 3.05) is 0 Å². The van der Waals surface area contributed by atoms with Gasteiger partial charge in [-0.3, -0.25) is 0 Å². The molecule has 0 aromatic rings. The van der Waals surface area contributed by atoms with E-state index in [4.69, 9.17) is 0 Å². The summed E-state index contributed by atoms with van der Waals surface area (Å²) in [6.45, 7) is 9.38. The summed E-state index contributed by atoms with van der Waals surface area (Å²) in [4.78, 5) is 0. The van der Waals surface area contributed by atoms with Crippen molar-refractivity contribution in [2.24, 2.45) is 0 Å². The summed E-state index contributed by atoms with van der Waals surface area (Å²) in [7, 11) is -0.873. The summed E-state index contributed by atoms with van der Waals surface area (Å²) >= 11 is 0. The Hall–Kier alpha value is -0.483. The first-order valence-electron chi connectivity index (χ1n) is 5.67. The van der Waals surface area contributed by atoms with Gasteiger partial charge in [-0.15, -0.1) is 5.92 Å². The number of hydrogen-bond acceptors (Lipinski definition) is 0. The Bertz CT molecular complexity index is 210. The number of unbranched alkanes of at least 4 members (excludes halogenated alkanes) is 2. The van der Waals surface area contributed by atoms with Crippen molar-refractivity contribution in [2.45, 2.75) is 58.3 Å². The minimum atomic E-state index is -0.873. The zero-order valence-corrected chi connectivity index (χ0v) is 11.2. The fraction of sp³-hybridized carbons (Fsp3) is 0.692. The maximum absolute atomic E-state index is 3.19. The molecule has 0 aromatic carbocycles. The highest BCUT2D eigenvalue weighted by Gasteiger charge is 2.08. The van der Waals surface area contributed by atoms with E-state index in [2.05, 4.69) is 50.6 Å². The number of rotatable bonds is 5. The molecule has 0 rings (SSSR count). The van der Waals surface area contributed by atoms with E-state index in [0.29, 0.717) is 0 Å². The third-order valence-corrected chi connectivity index (χ3v) is 3.36. The summed E-state index contributed by atoms with van der Waals surface area (Å²) in [5.41, 5.74) is 0. The molecule has 0 aliphatic rings. The molecule has 80 valence electrons. The highest BCUT2D eigenvalue weighted by molar-refractivity contribution is 6.76.